The molecule has 0 unspecified atom stereocenters. The maximum absolute atomic E-state index is 12.6. The van der Waals surface area contributed by atoms with E-state index in [1.165, 1.54) is 0 Å². The van der Waals surface area contributed by atoms with E-state index in [2.05, 4.69) is 5.32 Å². The van der Waals surface area contributed by atoms with Crippen molar-refractivity contribution in [2.75, 3.05) is 26.1 Å². The van der Waals surface area contributed by atoms with E-state index in [4.69, 9.17) is 9.47 Å². The fourth-order valence-electron chi connectivity index (χ4n) is 2.79. The SMILES string of the molecule is COc1ccc(NCC(=O)c2cn(C)c3ccccc23)cc1OC. The average molecular weight is 324 g/mol. The van der Waals surface area contributed by atoms with Gasteiger partial charge in [0.1, 0.15) is 0 Å². The molecule has 0 aliphatic rings. The van der Waals surface area contributed by atoms with Gasteiger partial charge in [0, 0.05) is 41.5 Å². The van der Waals surface area contributed by atoms with Crippen molar-refractivity contribution in [3.8, 4) is 11.5 Å². The van der Waals surface area contributed by atoms with Crippen LogP contribution in [-0.2, 0) is 7.05 Å². The maximum atomic E-state index is 12.6. The Morgan fingerprint density at radius 2 is 1.83 bits per heavy atom. The Labute approximate surface area is 140 Å². The first kappa shape index (κ1) is 15.9. The summed E-state index contributed by atoms with van der Waals surface area (Å²) in [6, 6.07) is 13.4. The van der Waals surface area contributed by atoms with Crippen LogP contribution in [0.15, 0.2) is 48.7 Å². The first-order chi connectivity index (χ1) is 11.6. The predicted octanol–water partition coefficient (Wildman–Crippen LogP) is 3.49. The molecule has 0 aliphatic carbocycles. The number of hydrogen-bond acceptors (Lipinski definition) is 4. The van der Waals surface area contributed by atoms with Gasteiger partial charge in [0.15, 0.2) is 17.3 Å². The first-order valence-corrected chi connectivity index (χ1v) is 7.67. The van der Waals surface area contributed by atoms with Crippen molar-refractivity contribution in [3.05, 3.63) is 54.2 Å². The van der Waals surface area contributed by atoms with Crippen molar-refractivity contribution in [1.82, 2.24) is 4.57 Å². The van der Waals surface area contributed by atoms with E-state index in [1.54, 1.807) is 14.2 Å². The number of aryl methyl sites for hydroxylation is 1. The standard InChI is InChI=1S/C19H20N2O3/c1-21-12-15(14-6-4-5-7-16(14)21)17(22)11-20-13-8-9-18(23-2)19(10-13)24-3/h4-10,12,20H,11H2,1-3H3. The zero-order valence-electron chi connectivity index (χ0n) is 14.0. The molecule has 0 aliphatic heterocycles. The van der Waals surface area contributed by atoms with Crippen molar-refractivity contribution in [1.29, 1.82) is 0 Å². The van der Waals surface area contributed by atoms with Crippen LogP contribution in [0.3, 0.4) is 0 Å². The number of benzene rings is 2. The highest BCUT2D eigenvalue weighted by molar-refractivity contribution is 6.09. The Morgan fingerprint density at radius 1 is 1.08 bits per heavy atom. The minimum Gasteiger partial charge on any atom is -0.493 e. The lowest BCUT2D eigenvalue weighted by atomic mass is 10.1. The number of ether oxygens (including phenoxy) is 2. The average Bonchev–Trinajstić information content (AvgIpc) is 2.96. The van der Waals surface area contributed by atoms with E-state index < -0.39 is 0 Å². The second kappa shape index (κ2) is 6.66. The largest absolute Gasteiger partial charge is 0.493 e. The summed E-state index contributed by atoms with van der Waals surface area (Å²) < 4.78 is 12.5. The molecule has 0 saturated heterocycles. The molecule has 3 rings (SSSR count). The fraction of sp³-hybridized carbons (Fsp3) is 0.211. The molecule has 1 heterocycles. The smallest absolute Gasteiger partial charge is 0.184 e. The monoisotopic (exact) mass is 324 g/mol. The van der Waals surface area contributed by atoms with Crippen molar-refractivity contribution in [2.45, 2.75) is 0 Å². The highest BCUT2D eigenvalue weighted by Crippen LogP contribution is 2.29. The minimum atomic E-state index is 0.0431. The van der Waals surface area contributed by atoms with Crippen LogP contribution in [0.1, 0.15) is 10.4 Å². The molecule has 0 spiro atoms. The maximum Gasteiger partial charge on any atom is 0.184 e. The molecule has 3 aromatic rings. The van der Waals surface area contributed by atoms with E-state index >= 15 is 0 Å². The third kappa shape index (κ3) is 2.93. The number of Topliss-reactive ketones (excluding diaryl/α,β-unsaturated/α-hetero) is 1. The Balaban J connectivity index is 1.78. The number of hydrogen-bond donors (Lipinski definition) is 1. The molecule has 0 saturated carbocycles. The third-order valence-electron chi connectivity index (χ3n) is 4.03. The Hall–Kier alpha value is -2.95. The van der Waals surface area contributed by atoms with Crippen molar-refractivity contribution in [3.63, 3.8) is 0 Å². The second-order valence-corrected chi connectivity index (χ2v) is 5.52. The van der Waals surface area contributed by atoms with Gasteiger partial charge in [0.2, 0.25) is 0 Å². The number of methoxy groups -OCH3 is 2. The number of fused-ring (bicyclic) bond motifs is 1. The van der Waals surface area contributed by atoms with Gasteiger partial charge in [-0.05, 0) is 18.2 Å². The zero-order chi connectivity index (χ0) is 17.1. The summed E-state index contributed by atoms with van der Waals surface area (Å²) in [4.78, 5) is 12.6. The highest BCUT2D eigenvalue weighted by atomic mass is 16.5. The number of aromatic nitrogens is 1. The molecule has 0 fully saturated rings. The van der Waals surface area contributed by atoms with Gasteiger partial charge in [-0.1, -0.05) is 18.2 Å². The molecule has 1 aromatic heterocycles. The Morgan fingerprint density at radius 3 is 2.58 bits per heavy atom. The predicted molar refractivity (Wildman–Crippen MR) is 95.3 cm³/mol. The normalized spacial score (nSPS) is 10.6. The number of para-hydroxylation sites is 1. The third-order valence-corrected chi connectivity index (χ3v) is 4.03. The van der Waals surface area contributed by atoms with Gasteiger partial charge < -0.3 is 19.4 Å². The summed E-state index contributed by atoms with van der Waals surface area (Å²) >= 11 is 0. The molecular weight excluding hydrogens is 304 g/mol. The minimum absolute atomic E-state index is 0.0431. The van der Waals surface area contributed by atoms with E-state index in [9.17, 15) is 4.79 Å². The number of rotatable bonds is 6. The Kier molecular flexibility index (Phi) is 4.42. The van der Waals surface area contributed by atoms with Crippen LogP contribution in [-0.4, -0.2) is 31.1 Å². The molecule has 124 valence electrons. The highest BCUT2D eigenvalue weighted by Gasteiger charge is 2.13. The lowest BCUT2D eigenvalue weighted by Crippen LogP contribution is -2.13. The van der Waals surface area contributed by atoms with E-state index in [0.717, 1.165) is 22.2 Å². The topological polar surface area (TPSA) is 52.5 Å². The summed E-state index contributed by atoms with van der Waals surface area (Å²) in [5.74, 6) is 1.32. The lowest BCUT2D eigenvalue weighted by molar-refractivity contribution is 0.101. The molecule has 2 aromatic carbocycles. The summed E-state index contributed by atoms with van der Waals surface area (Å²) in [7, 11) is 5.12. The quantitative estimate of drug-likeness (QED) is 0.705. The van der Waals surface area contributed by atoms with Gasteiger partial charge in [0.25, 0.3) is 0 Å². The molecule has 0 atom stereocenters. The van der Waals surface area contributed by atoms with Crippen molar-refractivity contribution < 1.29 is 14.3 Å². The summed E-state index contributed by atoms with van der Waals surface area (Å²) in [5.41, 5.74) is 2.58. The number of nitrogens with zero attached hydrogens (tertiary/aromatic N) is 1. The molecule has 0 amide bonds. The van der Waals surface area contributed by atoms with Gasteiger partial charge in [-0.2, -0.15) is 0 Å². The number of ketones is 1. The molecule has 0 bridgehead atoms. The van der Waals surface area contributed by atoms with E-state index in [0.29, 0.717) is 11.5 Å². The number of anilines is 1. The molecule has 1 N–H and O–H groups in total. The summed E-state index contributed by atoms with van der Waals surface area (Å²) in [6.07, 6.45) is 1.88. The summed E-state index contributed by atoms with van der Waals surface area (Å²) in [6.45, 7) is 0.212. The molecule has 24 heavy (non-hydrogen) atoms. The molecule has 5 nitrogen and oxygen atoms in total. The Bertz CT molecular complexity index is 883. The van der Waals surface area contributed by atoms with Crippen LogP contribution in [0.25, 0.3) is 10.9 Å². The van der Waals surface area contributed by atoms with Gasteiger partial charge in [-0.3, -0.25) is 4.79 Å². The van der Waals surface area contributed by atoms with Crippen LogP contribution in [0, 0.1) is 0 Å². The molecule has 0 radical (unpaired) electrons. The lowest BCUT2D eigenvalue weighted by Gasteiger charge is -2.10. The summed E-state index contributed by atoms with van der Waals surface area (Å²) in [5, 5.41) is 4.12. The van der Waals surface area contributed by atoms with Gasteiger partial charge in [-0.25, -0.2) is 0 Å². The van der Waals surface area contributed by atoms with Crippen LogP contribution in [0.2, 0.25) is 0 Å². The van der Waals surface area contributed by atoms with Crippen molar-refractivity contribution >= 4 is 22.4 Å². The second-order valence-electron chi connectivity index (χ2n) is 5.52. The van der Waals surface area contributed by atoms with Crippen molar-refractivity contribution in [2.24, 2.45) is 7.05 Å². The molecular formula is C19H20N2O3. The number of carbonyl (C=O) groups excluding carboxylic acids is 1. The van der Waals surface area contributed by atoms with Crippen LogP contribution >= 0.6 is 0 Å². The number of carbonyl (C=O) groups is 1. The fourth-order valence-corrected chi connectivity index (χ4v) is 2.79. The van der Waals surface area contributed by atoms with Crippen LogP contribution in [0.4, 0.5) is 5.69 Å². The van der Waals surface area contributed by atoms with Gasteiger partial charge in [-0.15, -0.1) is 0 Å². The zero-order valence-corrected chi connectivity index (χ0v) is 14.0. The van der Waals surface area contributed by atoms with E-state index in [-0.39, 0.29) is 12.3 Å². The van der Waals surface area contributed by atoms with Crippen LogP contribution in [0.5, 0.6) is 11.5 Å². The van der Waals surface area contributed by atoms with Gasteiger partial charge in [0.05, 0.1) is 20.8 Å². The first-order valence-electron chi connectivity index (χ1n) is 7.67. The van der Waals surface area contributed by atoms with E-state index in [1.807, 2.05) is 60.3 Å². The molecule has 5 heteroatoms. The van der Waals surface area contributed by atoms with Gasteiger partial charge >= 0.3 is 0 Å². The number of nitrogens with one attached hydrogen (secondary N) is 1. The van der Waals surface area contributed by atoms with Crippen LogP contribution < -0.4 is 14.8 Å².